The van der Waals surface area contributed by atoms with Crippen LogP contribution in [-0.2, 0) is 0 Å². The first-order valence-corrected chi connectivity index (χ1v) is 5.69. The molecule has 0 saturated heterocycles. The summed E-state index contributed by atoms with van der Waals surface area (Å²) in [5.74, 6) is 0.542. The Morgan fingerprint density at radius 1 is 1.47 bits per heavy atom. The van der Waals surface area contributed by atoms with Gasteiger partial charge in [-0.3, -0.25) is 4.79 Å². The molecule has 0 fully saturated rings. The summed E-state index contributed by atoms with van der Waals surface area (Å²) < 4.78 is 5.21. The van der Waals surface area contributed by atoms with Crippen LogP contribution in [0.5, 0.6) is 5.75 Å². The minimum atomic E-state index is -0.0335. The standard InChI is InChI=1S/C13H19NO3/c1-4-14(8-9-15)11-6-5-7-12(17-3)13(11)10(2)16/h5-7,15H,4,8-9H2,1-3H3. The number of benzene rings is 1. The molecule has 4 heteroatoms. The van der Waals surface area contributed by atoms with E-state index in [-0.39, 0.29) is 12.4 Å². The molecule has 0 heterocycles. The summed E-state index contributed by atoms with van der Waals surface area (Å²) in [4.78, 5) is 13.7. The minimum Gasteiger partial charge on any atom is -0.496 e. The van der Waals surface area contributed by atoms with Gasteiger partial charge in [0.05, 0.1) is 25.0 Å². The Morgan fingerprint density at radius 2 is 2.18 bits per heavy atom. The highest BCUT2D eigenvalue weighted by Gasteiger charge is 2.17. The van der Waals surface area contributed by atoms with Crippen molar-refractivity contribution in [1.82, 2.24) is 0 Å². The second-order valence-corrected chi connectivity index (χ2v) is 3.71. The predicted octanol–water partition coefficient (Wildman–Crippen LogP) is 1.72. The molecule has 0 saturated carbocycles. The van der Waals surface area contributed by atoms with Gasteiger partial charge in [0.25, 0.3) is 0 Å². The second kappa shape index (κ2) is 6.25. The molecular formula is C13H19NO3. The van der Waals surface area contributed by atoms with Crippen LogP contribution < -0.4 is 9.64 Å². The molecule has 0 amide bonds. The third-order valence-electron chi connectivity index (χ3n) is 2.67. The van der Waals surface area contributed by atoms with Crippen molar-refractivity contribution in [3.8, 4) is 5.75 Å². The van der Waals surface area contributed by atoms with Gasteiger partial charge in [0.2, 0.25) is 0 Å². The number of carbonyl (C=O) groups excluding carboxylic acids is 1. The molecule has 1 rings (SSSR count). The zero-order chi connectivity index (χ0) is 12.8. The lowest BCUT2D eigenvalue weighted by Crippen LogP contribution is -2.27. The molecular weight excluding hydrogens is 218 g/mol. The molecule has 0 radical (unpaired) electrons. The molecule has 0 aromatic heterocycles. The maximum Gasteiger partial charge on any atom is 0.165 e. The van der Waals surface area contributed by atoms with Crippen LogP contribution in [0.1, 0.15) is 24.2 Å². The third-order valence-corrected chi connectivity index (χ3v) is 2.67. The van der Waals surface area contributed by atoms with Crippen molar-refractivity contribution in [3.05, 3.63) is 23.8 Å². The molecule has 0 atom stereocenters. The SMILES string of the molecule is CCN(CCO)c1cccc(OC)c1C(C)=O. The lowest BCUT2D eigenvalue weighted by molar-refractivity contribution is 0.101. The first-order valence-electron chi connectivity index (χ1n) is 5.69. The van der Waals surface area contributed by atoms with Gasteiger partial charge in [-0.25, -0.2) is 0 Å². The Labute approximate surface area is 102 Å². The highest BCUT2D eigenvalue weighted by molar-refractivity contribution is 6.02. The predicted molar refractivity (Wildman–Crippen MR) is 68.0 cm³/mol. The number of nitrogens with zero attached hydrogens (tertiary/aromatic N) is 1. The Balaban J connectivity index is 3.25. The van der Waals surface area contributed by atoms with Gasteiger partial charge < -0.3 is 14.7 Å². The number of aliphatic hydroxyl groups excluding tert-OH is 1. The van der Waals surface area contributed by atoms with Gasteiger partial charge in [-0.15, -0.1) is 0 Å². The van der Waals surface area contributed by atoms with Crippen molar-refractivity contribution in [3.63, 3.8) is 0 Å². The van der Waals surface area contributed by atoms with E-state index >= 15 is 0 Å². The molecule has 4 nitrogen and oxygen atoms in total. The van der Waals surface area contributed by atoms with E-state index in [1.165, 1.54) is 6.92 Å². The van der Waals surface area contributed by atoms with Gasteiger partial charge >= 0.3 is 0 Å². The molecule has 1 aromatic carbocycles. The number of carbonyl (C=O) groups is 1. The molecule has 0 aliphatic heterocycles. The van der Waals surface area contributed by atoms with E-state index in [1.807, 2.05) is 24.0 Å². The molecule has 0 aliphatic carbocycles. The van der Waals surface area contributed by atoms with E-state index in [9.17, 15) is 4.79 Å². The largest absolute Gasteiger partial charge is 0.496 e. The lowest BCUT2D eigenvalue weighted by atomic mass is 10.1. The zero-order valence-corrected chi connectivity index (χ0v) is 10.6. The van der Waals surface area contributed by atoms with Crippen LogP contribution in [0.25, 0.3) is 0 Å². The van der Waals surface area contributed by atoms with E-state index in [4.69, 9.17) is 9.84 Å². The quantitative estimate of drug-likeness (QED) is 0.765. The van der Waals surface area contributed by atoms with Crippen molar-refractivity contribution < 1.29 is 14.6 Å². The Bertz CT molecular complexity index is 390. The fourth-order valence-electron chi connectivity index (χ4n) is 1.88. The van der Waals surface area contributed by atoms with E-state index in [1.54, 1.807) is 13.2 Å². The van der Waals surface area contributed by atoms with Crippen molar-refractivity contribution in [1.29, 1.82) is 0 Å². The summed E-state index contributed by atoms with van der Waals surface area (Å²) in [7, 11) is 1.55. The fourth-order valence-corrected chi connectivity index (χ4v) is 1.88. The van der Waals surface area contributed by atoms with Crippen LogP contribution in [0.3, 0.4) is 0 Å². The van der Waals surface area contributed by atoms with Crippen LogP contribution in [0.15, 0.2) is 18.2 Å². The van der Waals surface area contributed by atoms with Gasteiger partial charge in [0.1, 0.15) is 5.75 Å². The number of hydrogen-bond donors (Lipinski definition) is 1. The molecule has 1 aromatic rings. The maximum absolute atomic E-state index is 11.7. The van der Waals surface area contributed by atoms with Crippen molar-refractivity contribution in [2.75, 3.05) is 31.7 Å². The number of aliphatic hydroxyl groups is 1. The molecule has 94 valence electrons. The molecule has 0 unspecified atom stereocenters. The number of Topliss-reactive ketones (excluding diaryl/α,β-unsaturated/α-hetero) is 1. The lowest BCUT2D eigenvalue weighted by Gasteiger charge is -2.25. The summed E-state index contributed by atoms with van der Waals surface area (Å²) in [6, 6.07) is 5.49. The minimum absolute atomic E-state index is 0.0335. The van der Waals surface area contributed by atoms with Crippen LogP contribution in [0.4, 0.5) is 5.69 Å². The van der Waals surface area contributed by atoms with Gasteiger partial charge in [-0.2, -0.15) is 0 Å². The van der Waals surface area contributed by atoms with Crippen molar-refractivity contribution >= 4 is 11.5 Å². The van der Waals surface area contributed by atoms with Crippen LogP contribution in [0, 0.1) is 0 Å². The molecule has 0 bridgehead atoms. The average Bonchev–Trinajstić information content (AvgIpc) is 2.34. The number of rotatable bonds is 6. The Hall–Kier alpha value is -1.55. The first-order chi connectivity index (χ1) is 8.15. The van der Waals surface area contributed by atoms with Gasteiger partial charge in [-0.05, 0) is 26.0 Å². The Morgan fingerprint density at radius 3 is 2.65 bits per heavy atom. The Kier molecular flexibility index (Phi) is 4.97. The van der Waals surface area contributed by atoms with Crippen molar-refractivity contribution in [2.45, 2.75) is 13.8 Å². The molecule has 17 heavy (non-hydrogen) atoms. The molecule has 0 aliphatic rings. The number of methoxy groups -OCH3 is 1. The van der Waals surface area contributed by atoms with Crippen LogP contribution >= 0.6 is 0 Å². The number of anilines is 1. The smallest absolute Gasteiger partial charge is 0.165 e. The number of likely N-dealkylation sites (N-methyl/N-ethyl adjacent to an activating group) is 1. The fraction of sp³-hybridized carbons (Fsp3) is 0.462. The highest BCUT2D eigenvalue weighted by atomic mass is 16.5. The monoisotopic (exact) mass is 237 g/mol. The first kappa shape index (κ1) is 13.5. The van der Waals surface area contributed by atoms with E-state index in [2.05, 4.69) is 0 Å². The maximum atomic E-state index is 11.7. The third kappa shape index (κ3) is 2.97. The average molecular weight is 237 g/mol. The number of ketones is 1. The number of ether oxygens (including phenoxy) is 1. The van der Waals surface area contributed by atoms with Gasteiger partial charge in [0, 0.05) is 13.1 Å². The summed E-state index contributed by atoms with van der Waals surface area (Å²) in [6.45, 7) is 4.80. The van der Waals surface area contributed by atoms with Crippen molar-refractivity contribution in [2.24, 2.45) is 0 Å². The highest BCUT2D eigenvalue weighted by Crippen LogP contribution is 2.29. The van der Waals surface area contributed by atoms with Gasteiger partial charge in [-0.1, -0.05) is 6.07 Å². The van der Waals surface area contributed by atoms with Gasteiger partial charge in [0.15, 0.2) is 5.78 Å². The topological polar surface area (TPSA) is 49.8 Å². The normalized spacial score (nSPS) is 10.1. The van der Waals surface area contributed by atoms with Crippen LogP contribution in [-0.4, -0.2) is 37.7 Å². The van der Waals surface area contributed by atoms with Crippen LogP contribution in [0.2, 0.25) is 0 Å². The summed E-state index contributed by atoms with van der Waals surface area (Å²) in [5.41, 5.74) is 1.39. The summed E-state index contributed by atoms with van der Waals surface area (Å²) in [5, 5.41) is 9.03. The molecule has 1 N–H and O–H groups in total. The number of hydrogen-bond acceptors (Lipinski definition) is 4. The zero-order valence-electron chi connectivity index (χ0n) is 10.6. The van der Waals surface area contributed by atoms with E-state index < -0.39 is 0 Å². The van der Waals surface area contributed by atoms with E-state index in [0.29, 0.717) is 17.9 Å². The molecule has 0 spiro atoms. The summed E-state index contributed by atoms with van der Waals surface area (Å²) >= 11 is 0. The van der Waals surface area contributed by atoms with E-state index in [0.717, 1.165) is 12.2 Å². The summed E-state index contributed by atoms with van der Waals surface area (Å²) in [6.07, 6.45) is 0. The second-order valence-electron chi connectivity index (χ2n) is 3.71.